The van der Waals surface area contributed by atoms with Gasteiger partial charge in [0.2, 0.25) is 5.95 Å². The van der Waals surface area contributed by atoms with E-state index in [2.05, 4.69) is 20.6 Å². The maximum Gasteiger partial charge on any atom is 0.270 e. The Balaban J connectivity index is 1.73. The molecule has 9 heteroatoms. The molecule has 3 rings (SSSR count). The molecule has 3 aromatic rings. The number of hydrogen-bond donors (Lipinski definition) is 2. The van der Waals surface area contributed by atoms with Crippen LogP contribution in [-0.4, -0.2) is 15.9 Å². The summed E-state index contributed by atoms with van der Waals surface area (Å²) in [4.78, 5) is 19.8. The quantitative estimate of drug-likeness (QED) is 0.526. The zero-order valence-electron chi connectivity index (χ0n) is 13.6. The number of hydrogen-bond acceptors (Lipinski definition) is 4. The fourth-order valence-electron chi connectivity index (χ4n) is 2.20. The van der Waals surface area contributed by atoms with E-state index >= 15 is 0 Å². The fourth-order valence-corrected chi connectivity index (χ4v) is 2.20. The minimum atomic E-state index is -1.64. The molecule has 138 valence electrons. The van der Waals surface area contributed by atoms with Gasteiger partial charge in [0.05, 0.1) is 5.69 Å². The number of anilines is 2. The first kappa shape index (κ1) is 18.3. The lowest BCUT2D eigenvalue weighted by atomic mass is 10.2. The maximum atomic E-state index is 13.7. The van der Waals surface area contributed by atoms with Crippen LogP contribution in [0.2, 0.25) is 0 Å². The van der Waals surface area contributed by atoms with Gasteiger partial charge in [0.15, 0.2) is 17.5 Å². The number of carbonyl (C=O) groups is 1. The van der Waals surface area contributed by atoms with E-state index in [1.807, 2.05) is 0 Å². The van der Waals surface area contributed by atoms with Crippen molar-refractivity contribution in [3.05, 3.63) is 83.2 Å². The van der Waals surface area contributed by atoms with E-state index in [0.717, 1.165) is 12.1 Å². The lowest BCUT2D eigenvalue weighted by Crippen LogP contribution is -2.24. The van der Waals surface area contributed by atoms with Crippen LogP contribution < -0.4 is 10.6 Å². The minimum Gasteiger partial charge on any atom is -0.347 e. The minimum absolute atomic E-state index is 0.0595. The van der Waals surface area contributed by atoms with Crippen molar-refractivity contribution in [2.24, 2.45) is 0 Å². The Kier molecular flexibility index (Phi) is 5.30. The Labute approximate surface area is 151 Å². The van der Waals surface area contributed by atoms with E-state index in [1.54, 1.807) is 6.07 Å². The second-order valence-electron chi connectivity index (χ2n) is 5.39. The molecule has 0 aliphatic rings. The topological polar surface area (TPSA) is 66.9 Å². The molecule has 1 heterocycles. The van der Waals surface area contributed by atoms with Crippen molar-refractivity contribution in [2.75, 3.05) is 5.32 Å². The average Bonchev–Trinajstić information content (AvgIpc) is 2.68. The van der Waals surface area contributed by atoms with E-state index in [9.17, 15) is 22.4 Å². The van der Waals surface area contributed by atoms with Gasteiger partial charge in [0, 0.05) is 18.3 Å². The molecule has 0 saturated carbocycles. The Morgan fingerprint density at radius 3 is 2.48 bits per heavy atom. The molecule has 0 fully saturated rings. The number of amides is 1. The van der Waals surface area contributed by atoms with Crippen molar-refractivity contribution in [1.82, 2.24) is 15.3 Å². The van der Waals surface area contributed by atoms with E-state index in [1.165, 1.54) is 30.5 Å². The SMILES string of the molecule is O=C(NCc1ccccc1F)c1ccnc(Nc2ccc(F)c(F)c2F)n1. The van der Waals surface area contributed by atoms with Crippen molar-refractivity contribution < 1.29 is 22.4 Å². The number of halogens is 4. The Hall–Kier alpha value is -3.49. The molecule has 27 heavy (non-hydrogen) atoms. The highest BCUT2D eigenvalue weighted by Crippen LogP contribution is 2.22. The number of benzene rings is 2. The Morgan fingerprint density at radius 1 is 0.926 bits per heavy atom. The highest BCUT2D eigenvalue weighted by atomic mass is 19.2. The van der Waals surface area contributed by atoms with Gasteiger partial charge < -0.3 is 10.6 Å². The Bertz CT molecular complexity index is 997. The van der Waals surface area contributed by atoms with Crippen LogP contribution in [0.1, 0.15) is 16.1 Å². The standard InChI is InChI=1S/C18H12F4N4O/c19-11-4-2-1-3-10(11)9-24-17(27)14-7-8-23-18(26-14)25-13-6-5-12(20)15(21)16(13)22/h1-8H,9H2,(H,24,27)(H,23,25,26). The number of nitrogens with zero attached hydrogens (tertiary/aromatic N) is 2. The van der Waals surface area contributed by atoms with Gasteiger partial charge in [-0.05, 0) is 24.3 Å². The second kappa shape index (κ2) is 7.81. The molecular formula is C18H12F4N4O. The van der Waals surface area contributed by atoms with Crippen molar-refractivity contribution in [1.29, 1.82) is 0 Å². The number of carbonyl (C=O) groups excluding carboxylic acids is 1. The van der Waals surface area contributed by atoms with Gasteiger partial charge in [-0.25, -0.2) is 27.5 Å². The summed E-state index contributed by atoms with van der Waals surface area (Å²) in [5.41, 5.74) is -0.174. The zero-order valence-corrected chi connectivity index (χ0v) is 13.6. The molecule has 0 atom stereocenters. The van der Waals surface area contributed by atoms with Crippen molar-refractivity contribution in [3.8, 4) is 0 Å². The summed E-state index contributed by atoms with van der Waals surface area (Å²) in [7, 11) is 0. The molecule has 0 radical (unpaired) electrons. The van der Waals surface area contributed by atoms with Crippen LogP contribution in [-0.2, 0) is 6.54 Å². The van der Waals surface area contributed by atoms with Crippen molar-refractivity contribution in [3.63, 3.8) is 0 Å². The monoisotopic (exact) mass is 376 g/mol. The van der Waals surface area contributed by atoms with E-state index in [4.69, 9.17) is 0 Å². The molecule has 0 unspecified atom stereocenters. The summed E-state index contributed by atoms with van der Waals surface area (Å²) >= 11 is 0. The third-order valence-corrected chi connectivity index (χ3v) is 3.57. The molecule has 0 saturated heterocycles. The van der Waals surface area contributed by atoms with Crippen LogP contribution in [0.25, 0.3) is 0 Å². The van der Waals surface area contributed by atoms with Gasteiger partial charge in [-0.2, -0.15) is 0 Å². The first-order valence-electron chi connectivity index (χ1n) is 7.71. The first-order chi connectivity index (χ1) is 13.0. The van der Waals surface area contributed by atoms with Gasteiger partial charge in [-0.15, -0.1) is 0 Å². The van der Waals surface area contributed by atoms with Gasteiger partial charge in [-0.3, -0.25) is 4.79 Å². The zero-order chi connectivity index (χ0) is 19.4. The number of nitrogens with one attached hydrogen (secondary N) is 2. The first-order valence-corrected chi connectivity index (χ1v) is 7.71. The normalized spacial score (nSPS) is 10.5. The Morgan fingerprint density at radius 2 is 1.70 bits per heavy atom. The van der Waals surface area contributed by atoms with Crippen molar-refractivity contribution in [2.45, 2.75) is 6.54 Å². The van der Waals surface area contributed by atoms with E-state index in [-0.39, 0.29) is 18.2 Å². The highest BCUT2D eigenvalue weighted by molar-refractivity contribution is 5.92. The van der Waals surface area contributed by atoms with Gasteiger partial charge in [0.25, 0.3) is 5.91 Å². The third-order valence-electron chi connectivity index (χ3n) is 3.57. The van der Waals surface area contributed by atoms with Gasteiger partial charge in [-0.1, -0.05) is 18.2 Å². The predicted octanol–water partition coefficient (Wildman–Crippen LogP) is 3.71. The molecule has 0 bridgehead atoms. The predicted molar refractivity (Wildman–Crippen MR) is 89.2 cm³/mol. The molecule has 0 spiro atoms. The average molecular weight is 376 g/mol. The molecule has 1 aromatic heterocycles. The molecular weight excluding hydrogens is 364 g/mol. The van der Waals surface area contributed by atoms with Crippen LogP contribution in [0.4, 0.5) is 29.2 Å². The number of rotatable bonds is 5. The van der Waals surface area contributed by atoms with Crippen LogP contribution in [0.5, 0.6) is 0 Å². The van der Waals surface area contributed by atoms with Gasteiger partial charge in [0.1, 0.15) is 11.5 Å². The molecule has 0 aliphatic heterocycles. The fraction of sp³-hybridized carbons (Fsp3) is 0.0556. The summed E-state index contributed by atoms with van der Waals surface area (Å²) in [5, 5.41) is 4.87. The van der Waals surface area contributed by atoms with Gasteiger partial charge >= 0.3 is 0 Å². The lowest BCUT2D eigenvalue weighted by Gasteiger charge is -2.09. The smallest absolute Gasteiger partial charge is 0.270 e. The lowest BCUT2D eigenvalue weighted by molar-refractivity contribution is 0.0945. The number of aromatic nitrogens is 2. The molecule has 5 nitrogen and oxygen atoms in total. The summed E-state index contributed by atoms with van der Waals surface area (Å²) in [6, 6.07) is 8.96. The van der Waals surface area contributed by atoms with Crippen LogP contribution >= 0.6 is 0 Å². The second-order valence-corrected chi connectivity index (χ2v) is 5.39. The largest absolute Gasteiger partial charge is 0.347 e. The summed E-state index contributed by atoms with van der Waals surface area (Å²) in [6.45, 7) is -0.0595. The van der Waals surface area contributed by atoms with E-state index < -0.39 is 34.9 Å². The van der Waals surface area contributed by atoms with Crippen LogP contribution in [0.3, 0.4) is 0 Å². The summed E-state index contributed by atoms with van der Waals surface area (Å²) < 4.78 is 53.5. The maximum absolute atomic E-state index is 13.7. The molecule has 2 N–H and O–H groups in total. The van der Waals surface area contributed by atoms with Crippen LogP contribution in [0.15, 0.2) is 48.7 Å². The molecule has 2 aromatic carbocycles. The van der Waals surface area contributed by atoms with E-state index in [0.29, 0.717) is 5.56 Å². The summed E-state index contributed by atoms with van der Waals surface area (Å²) in [6.07, 6.45) is 1.23. The molecule has 0 aliphatic carbocycles. The summed E-state index contributed by atoms with van der Waals surface area (Å²) in [5.74, 6) is -5.68. The third kappa shape index (κ3) is 4.20. The molecule has 1 amide bonds. The van der Waals surface area contributed by atoms with Crippen molar-refractivity contribution >= 4 is 17.5 Å². The van der Waals surface area contributed by atoms with Crippen LogP contribution in [0, 0.1) is 23.3 Å². The highest BCUT2D eigenvalue weighted by Gasteiger charge is 2.15.